The maximum atomic E-state index is 13.7. The molecule has 0 radical (unpaired) electrons. The van der Waals surface area contributed by atoms with E-state index < -0.39 is 16.9 Å². The SMILES string of the molecule is CC(=O)Nc1cccc(C(C)N(Cc2ccccc2)C(=O)c2cccc(C)c2[N+](=O)[O-])c1. The van der Waals surface area contributed by atoms with E-state index in [0.717, 1.165) is 11.1 Å². The number of rotatable bonds is 7. The number of nitrogens with zero attached hydrogens (tertiary/aromatic N) is 2. The molecule has 1 atom stereocenters. The normalized spacial score (nSPS) is 11.5. The van der Waals surface area contributed by atoms with E-state index in [0.29, 0.717) is 11.3 Å². The molecule has 7 nitrogen and oxygen atoms in total. The highest BCUT2D eigenvalue weighted by molar-refractivity contribution is 5.99. The maximum absolute atomic E-state index is 13.7. The topological polar surface area (TPSA) is 92.6 Å². The lowest BCUT2D eigenvalue weighted by atomic mass is 10.0. The third-order valence-electron chi connectivity index (χ3n) is 5.26. The highest BCUT2D eigenvalue weighted by Gasteiger charge is 2.29. The predicted octanol–water partition coefficient (Wildman–Crippen LogP) is 5.27. The molecule has 0 aliphatic carbocycles. The van der Waals surface area contributed by atoms with Crippen LogP contribution in [0.1, 0.15) is 46.9 Å². The fraction of sp³-hybridized carbons (Fsp3) is 0.200. The molecule has 3 aromatic rings. The second-order valence-corrected chi connectivity index (χ2v) is 7.63. The molecule has 0 saturated heterocycles. The number of anilines is 1. The first-order valence-electron chi connectivity index (χ1n) is 10.2. The maximum Gasteiger partial charge on any atom is 0.285 e. The van der Waals surface area contributed by atoms with Gasteiger partial charge in [-0.25, -0.2) is 0 Å². The Kier molecular flexibility index (Phi) is 7.00. The zero-order chi connectivity index (χ0) is 23.3. The number of hydrogen-bond acceptors (Lipinski definition) is 4. The average molecular weight is 431 g/mol. The summed E-state index contributed by atoms with van der Waals surface area (Å²) in [7, 11) is 0. The van der Waals surface area contributed by atoms with Crippen LogP contribution in [-0.4, -0.2) is 21.6 Å². The van der Waals surface area contributed by atoms with Crippen molar-refractivity contribution in [1.29, 1.82) is 0 Å². The van der Waals surface area contributed by atoms with Gasteiger partial charge in [-0.3, -0.25) is 19.7 Å². The zero-order valence-electron chi connectivity index (χ0n) is 18.2. The number of nitrogens with one attached hydrogen (secondary N) is 1. The van der Waals surface area contributed by atoms with E-state index in [4.69, 9.17) is 0 Å². The standard InChI is InChI=1S/C25H25N3O4/c1-17-9-7-14-23(24(17)28(31)32)25(30)27(16-20-10-5-4-6-11-20)18(2)21-12-8-13-22(15-21)26-19(3)29/h4-15,18H,16H2,1-3H3,(H,26,29). The van der Waals surface area contributed by atoms with Gasteiger partial charge in [0.2, 0.25) is 5.91 Å². The summed E-state index contributed by atoms with van der Waals surface area (Å²) in [5, 5.41) is 14.5. The first-order valence-corrected chi connectivity index (χ1v) is 10.2. The van der Waals surface area contributed by atoms with E-state index >= 15 is 0 Å². The van der Waals surface area contributed by atoms with Gasteiger partial charge in [-0.1, -0.05) is 54.6 Å². The average Bonchev–Trinajstić information content (AvgIpc) is 2.76. The van der Waals surface area contributed by atoms with Crippen LogP contribution < -0.4 is 5.32 Å². The Labute approximate surface area is 186 Å². The van der Waals surface area contributed by atoms with Crippen molar-refractivity contribution in [3.63, 3.8) is 0 Å². The van der Waals surface area contributed by atoms with Crippen LogP contribution in [-0.2, 0) is 11.3 Å². The first kappa shape index (κ1) is 22.7. The predicted molar refractivity (Wildman–Crippen MR) is 123 cm³/mol. The minimum Gasteiger partial charge on any atom is -0.327 e. The number of hydrogen-bond donors (Lipinski definition) is 1. The zero-order valence-corrected chi connectivity index (χ0v) is 18.2. The molecule has 0 saturated carbocycles. The van der Waals surface area contributed by atoms with Crippen molar-refractivity contribution in [3.8, 4) is 0 Å². The van der Waals surface area contributed by atoms with E-state index in [1.165, 1.54) is 13.0 Å². The van der Waals surface area contributed by atoms with Crippen molar-refractivity contribution in [3.05, 3.63) is 105 Å². The molecule has 0 aliphatic rings. The second-order valence-electron chi connectivity index (χ2n) is 7.63. The van der Waals surface area contributed by atoms with E-state index in [-0.39, 0.29) is 23.7 Å². The molecule has 0 spiro atoms. The number of benzene rings is 3. The quantitative estimate of drug-likeness (QED) is 0.408. The monoisotopic (exact) mass is 431 g/mol. The van der Waals surface area contributed by atoms with Gasteiger partial charge in [-0.2, -0.15) is 0 Å². The van der Waals surface area contributed by atoms with Crippen molar-refractivity contribution in [2.45, 2.75) is 33.4 Å². The summed E-state index contributed by atoms with van der Waals surface area (Å²) >= 11 is 0. The molecule has 3 rings (SSSR count). The van der Waals surface area contributed by atoms with Gasteiger partial charge in [0.05, 0.1) is 11.0 Å². The Morgan fingerprint density at radius 2 is 1.72 bits per heavy atom. The Morgan fingerprint density at radius 1 is 1.03 bits per heavy atom. The number of carbonyl (C=O) groups is 2. The van der Waals surface area contributed by atoms with Crippen molar-refractivity contribution >= 4 is 23.2 Å². The van der Waals surface area contributed by atoms with Gasteiger partial charge in [-0.05, 0) is 43.2 Å². The number of carbonyl (C=O) groups excluding carboxylic acids is 2. The Morgan fingerprint density at radius 3 is 2.38 bits per heavy atom. The van der Waals surface area contributed by atoms with E-state index in [1.54, 1.807) is 36.1 Å². The second kappa shape index (κ2) is 9.87. The Bertz CT molecular complexity index is 1140. The van der Waals surface area contributed by atoms with Crippen molar-refractivity contribution in [2.75, 3.05) is 5.32 Å². The molecule has 0 aromatic heterocycles. The third-order valence-corrected chi connectivity index (χ3v) is 5.26. The van der Waals surface area contributed by atoms with Crippen LogP contribution in [0.4, 0.5) is 11.4 Å². The smallest absolute Gasteiger partial charge is 0.285 e. The number of amides is 2. The summed E-state index contributed by atoms with van der Waals surface area (Å²) in [5.41, 5.74) is 2.62. The van der Waals surface area contributed by atoms with Crippen molar-refractivity contribution < 1.29 is 14.5 Å². The molecule has 2 amide bonds. The van der Waals surface area contributed by atoms with E-state index in [1.807, 2.05) is 49.4 Å². The van der Waals surface area contributed by atoms with Gasteiger partial charge >= 0.3 is 0 Å². The van der Waals surface area contributed by atoms with Crippen LogP contribution in [0.3, 0.4) is 0 Å². The molecule has 0 bridgehead atoms. The number of nitro groups is 1. The number of nitro benzene ring substituents is 1. The molecule has 1 N–H and O–H groups in total. The minimum absolute atomic E-state index is 0.0517. The van der Waals surface area contributed by atoms with Crippen molar-refractivity contribution in [1.82, 2.24) is 4.90 Å². The molecule has 0 aliphatic heterocycles. The molecule has 0 fully saturated rings. The van der Waals surface area contributed by atoms with Crippen LogP contribution in [0.15, 0.2) is 72.8 Å². The summed E-state index contributed by atoms with van der Waals surface area (Å²) in [6.45, 7) is 5.20. The third kappa shape index (κ3) is 5.18. The van der Waals surface area contributed by atoms with Gasteiger partial charge in [0.1, 0.15) is 5.56 Å². The molecular weight excluding hydrogens is 406 g/mol. The summed E-state index contributed by atoms with van der Waals surface area (Å²) < 4.78 is 0. The molecular formula is C25H25N3O4. The lowest BCUT2D eigenvalue weighted by Crippen LogP contribution is -2.33. The van der Waals surface area contributed by atoms with Gasteiger partial charge < -0.3 is 10.2 Å². The highest BCUT2D eigenvalue weighted by atomic mass is 16.6. The van der Waals surface area contributed by atoms with E-state index in [9.17, 15) is 19.7 Å². The van der Waals surface area contributed by atoms with Crippen LogP contribution in [0.5, 0.6) is 0 Å². The number of para-hydroxylation sites is 1. The largest absolute Gasteiger partial charge is 0.327 e. The van der Waals surface area contributed by atoms with E-state index in [2.05, 4.69) is 5.32 Å². The lowest BCUT2D eigenvalue weighted by molar-refractivity contribution is -0.385. The Balaban J connectivity index is 2.05. The van der Waals surface area contributed by atoms with Crippen LogP contribution >= 0.6 is 0 Å². The van der Waals surface area contributed by atoms with Gasteiger partial charge in [-0.15, -0.1) is 0 Å². The summed E-state index contributed by atoms with van der Waals surface area (Å²) in [5.74, 6) is -0.621. The Hall–Kier alpha value is -4.00. The van der Waals surface area contributed by atoms with Gasteiger partial charge in [0.25, 0.3) is 11.6 Å². The highest BCUT2D eigenvalue weighted by Crippen LogP contribution is 2.30. The molecule has 32 heavy (non-hydrogen) atoms. The van der Waals surface area contributed by atoms with Crippen LogP contribution in [0, 0.1) is 17.0 Å². The van der Waals surface area contributed by atoms with Gasteiger partial charge in [0, 0.05) is 24.7 Å². The molecule has 164 valence electrons. The first-order chi connectivity index (χ1) is 15.3. The fourth-order valence-electron chi connectivity index (χ4n) is 3.65. The van der Waals surface area contributed by atoms with Crippen molar-refractivity contribution in [2.24, 2.45) is 0 Å². The minimum atomic E-state index is -0.509. The molecule has 3 aromatic carbocycles. The van der Waals surface area contributed by atoms with Crippen LogP contribution in [0.2, 0.25) is 0 Å². The molecule has 1 unspecified atom stereocenters. The number of aryl methyl sites for hydroxylation is 1. The summed E-state index contributed by atoms with van der Waals surface area (Å²) in [4.78, 5) is 37.9. The van der Waals surface area contributed by atoms with Gasteiger partial charge in [0.15, 0.2) is 0 Å². The van der Waals surface area contributed by atoms with Crippen LogP contribution in [0.25, 0.3) is 0 Å². The molecule has 0 heterocycles. The summed E-state index contributed by atoms with van der Waals surface area (Å²) in [6, 6.07) is 21.1. The fourth-order valence-corrected chi connectivity index (χ4v) is 3.65. The summed E-state index contributed by atoms with van der Waals surface area (Å²) in [6.07, 6.45) is 0. The molecule has 7 heteroatoms. The lowest BCUT2D eigenvalue weighted by Gasteiger charge is -2.30.